The second-order valence-electron chi connectivity index (χ2n) is 8.25. The molecule has 0 radical (unpaired) electrons. The molecule has 1 aliphatic heterocycles. The Kier molecular flexibility index (Phi) is 7.49. The number of carbonyl (C=O) groups excluding carboxylic acids is 1. The second-order valence-corrected chi connectivity index (χ2v) is 8.25. The number of aryl methyl sites for hydroxylation is 1. The molecule has 0 spiro atoms. The number of nitrogens with zero attached hydrogens (tertiary/aromatic N) is 3. The van der Waals surface area contributed by atoms with E-state index in [1.165, 1.54) is 17.2 Å². The number of aromatic nitrogens is 2. The standard InChI is InChI=1S/C25H28N4O4/c1-18-2-4-20(5-3-18)16-29-14-12-21(13-15-29)25-26-24(33-28-25)17-32-22-9-6-19(7-10-22)8-11-23(30)27-31/h2-11,21,31H,12-17H2,1H3,(H,27,30)/b11-8+. The highest BCUT2D eigenvalue weighted by Crippen LogP contribution is 2.27. The first-order chi connectivity index (χ1) is 16.1. The minimum Gasteiger partial charge on any atom is -0.484 e. The number of hydrogen-bond donors (Lipinski definition) is 2. The van der Waals surface area contributed by atoms with Gasteiger partial charge in [-0.1, -0.05) is 47.1 Å². The van der Waals surface area contributed by atoms with Gasteiger partial charge in [-0.3, -0.25) is 14.9 Å². The smallest absolute Gasteiger partial charge is 0.267 e. The van der Waals surface area contributed by atoms with Gasteiger partial charge in [-0.2, -0.15) is 4.98 Å². The molecule has 0 bridgehead atoms. The van der Waals surface area contributed by atoms with Crippen LogP contribution >= 0.6 is 0 Å². The quantitative estimate of drug-likeness (QED) is 0.307. The van der Waals surface area contributed by atoms with Crippen LogP contribution in [0.1, 0.15) is 47.2 Å². The van der Waals surface area contributed by atoms with E-state index in [2.05, 4.69) is 46.2 Å². The predicted octanol–water partition coefficient (Wildman–Crippen LogP) is 3.86. The third-order valence-corrected chi connectivity index (χ3v) is 5.74. The van der Waals surface area contributed by atoms with E-state index in [1.807, 2.05) is 0 Å². The fraction of sp³-hybridized carbons (Fsp3) is 0.320. The molecule has 1 amide bonds. The Morgan fingerprint density at radius 3 is 2.61 bits per heavy atom. The summed E-state index contributed by atoms with van der Waals surface area (Å²) in [5, 5.41) is 12.7. The molecule has 0 aliphatic carbocycles. The van der Waals surface area contributed by atoms with Crippen LogP contribution in [0.3, 0.4) is 0 Å². The Bertz CT molecular complexity index is 1070. The highest BCUT2D eigenvalue weighted by atomic mass is 16.5. The molecule has 0 saturated carbocycles. The maximum Gasteiger partial charge on any atom is 0.267 e. The summed E-state index contributed by atoms with van der Waals surface area (Å²) >= 11 is 0. The summed E-state index contributed by atoms with van der Waals surface area (Å²) in [6.45, 7) is 5.31. The SMILES string of the molecule is Cc1ccc(CN2CCC(c3noc(COc4ccc(/C=C/C(=O)NO)cc4)n3)CC2)cc1. The van der Waals surface area contributed by atoms with Crippen LogP contribution in [0.4, 0.5) is 0 Å². The molecule has 1 saturated heterocycles. The average molecular weight is 449 g/mol. The summed E-state index contributed by atoms with van der Waals surface area (Å²) < 4.78 is 11.1. The molecule has 33 heavy (non-hydrogen) atoms. The number of amides is 1. The normalized spacial score (nSPS) is 15.1. The molecule has 8 heteroatoms. The van der Waals surface area contributed by atoms with Crippen LogP contribution < -0.4 is 10.2 Å². The minimum atomic E-state index is -0.584. The molecule has 2 heterocycles. The Balaban J connectivity index is 1.23. The molecule has 172 valence electrons. The van der Waals surface area contributed by atoms with Gasteiger partial charge in [0.25, 0.3) is 11.8 Å². The topological polar surface area (TPSA) is 101 Å². The molecule has 1 aromatic heterocycles. The van der Waals surface area contributed by atoms with Crippen LogP contribution in [0.5, 0.6) is 5.75 Å². The summed E-state index contributed by atoms with van der Waals surface area (Å²) in [6, 6.07) is 15.9. The van der Waals surface area contributed by atoms with Gasteiger partial charge in [0.05, 0.1) is 0 Å². The van der Waals surface area contributed by atoms with E-state index in [9.17, 15) is 4.79 Å². The van der Waals surface area contributed by atoms with Crippen LogP contribution in [0, 0.1) is 6.92 Å². The lowest BCUT2D eigenvalue weighted by Gasteiger charge is -2.30. The zero-order chi connectivity index (χ0) is 23.0. The van der Waals surface area contributed by atoms with Gasteiger partial charge < -0.3 is 9.26 Å². The van der Waals surface area contributed by atoms with Crippen LogP contribution in [-0.2, 0) is 17.9 Å². The van der Waals surface area contributed by atoms with Crippen LogP contribution in [0.25, 0.3) is 6.08 Å². The highest BCUT2D eigenvalue weighted by molar-refractivity contribution is 5.90. The van der Waals surface area contributed by atoms with Crippen molar-refractivity contribution in [3.05, 3.63) is 83.0 Å². The van der Waals surface area contributed by atoms with Crippen molar-refractivity contribution in [2.75, 3.05) is 13.1 Å². The maximum atomic E-state index is 11.0. The predicted molar refractivity (Wildman–Crippen MR) is 122 cm³/mol. The molecule has 3 aromatic rings. The molecule has 2 N–H and O–H groups in total. The van der Waals surface area contributed by atoms with E-state index in [4.69, 9.17) is 14.5 Å². The first kappa shape index (κ1) is 22.7. The number of likely N-dealkylation sites (tertiary alicyclic amines) is 1. The molecular weight excluding hydrogens is 420 g/mol. The van der Waals surface area contributed by atoms with Crippen molar-refractivity contribution in [2.24, 2.45) is 0 Å². The largest absolute Gasteiger partial charge is 0.484 e. The number of hydrogen-bond acceptors (Lipinski definition) is 7. The summed E-state index contributed by atoms with van der Waals surface area (Å²) in [4.78, 5) is 18.0. The molecule has 1 fully saturated rings. The number of rotatable bonds is 8. The third kappa shape index (κ3) is 6.50. The van der Waals surface area contributed by atoms with E-state index in [0.29, 0.717) is 17.6 Å². The van der Waals surface area contributed by atoms with Gasteiger partial charge in [0.1, 0.15) is 5.75 Å². The van der Waals surface area contributed by atoms with Crippen LogP contribution in [0.15, 0.2) is 59.1 Å². The van der Waals surface area contributed by atoms with E-state index in [-0.39, 0.29) is 6.61 Å². The van der Waals surface area contributed by atoms with Crippen molar-refractivity contribution >= 4 is 12.0 Å². The zero-order valence-corrected chi connectivity index (χ0v) is 18.6. The molecule has 2 aromatic carbocycles. The second kappa shape index (κ2) is 10.9. The molecular formula is C25H28N4O4. The Labute approximate surface area is 192 Å². The molecule has 8 nitrogen and oxygen atoms in total. The Hall–Kier alpha value is -3.49. The lowest BCUT2D eigenvalue weighted by molar-refractivity contribution is -0.124. The van der Waals surface area contributed by atoms with Crippen LogP contribution in [-0.4, -0.2) is 39.2 Å². The van der Waals surface area contributed by atoms with Crippen LogP contribution in [0.2, 0.25) is 0 Å². The van der Waals surface area contributed by atoms with Gasteiger partial charge >= 0.3 is 0 Å². The van der Waals surface area contributed by atoms with Gasteiger partial charge in [-0.25, -0.2) is 5.48 Å². The van der Waals surface area contributed by atoms with E-state index in [0.717, 1.165) is 43.9 Å². The first-order valence-electron chi connectivity index (χ1n) is 11.0. The summed E-state index contributed by atoms with van der Waals surface area (Å²) in [6.07, 6.45) is 4.85. The minimum absolute atomic E-state index is 0.196. The number of hydroxylamine groups is 1. The Morgan fingerprint density at radius 1 is 1.18 bits per heavy atom. The van der Waals surface area contributed by atoms with E-state index < -0.39 is 5.91 Å². The third-order valence-electron chi connectivity index (χ3n) is 5.74. The fourth-order valence-corrected chi connectivity index (χ4v) is 3.82. The number of ether oxygens (including phenoxy) is 1. The monoisotopic (exact) mass is 448 g/mol. The molecule has 4 rings (SSSR count). The van der Waals surface area contributed by atoms with Gasteiger partial charge in [-0.15, -0.1) is 0 Å². The average Bonchev–Trinajstić information content (AvgIpc) is 3.33. The number of benzene rings is 2. The van der Waals surface area contributed by atoms with Gasteiger partial charge in [0.15, 0.2) is 12.4 Å². The summed E-state index contributed by atoms with van der Waals surface area (Å²) in [5.74, 6) is 1.59. The van der Waals surface area contributed by atoms with Crippen molar-refractivity contribution in [2.45, 2.75) is 38.8 Å². The number of piperidine rings is 1. The van der Waals surface area contributed by atoms with Crippen molar-refractivity contribution in [3.8, 4) is 5.75 Å². The van der Waals surface area contributed by atoms with Gasteiger partial charge in [-0.05, 0) is 62.2 Å². The van der Waals surface area contributed by atoms with E-state index >= 15 is 0 Å². The number of carbonyl (C=O) groups is 1. The van der Waals surface area contributed by atoms with Crippen molar-refractivity contribution in [3.63, 3.8) is 0 Å². The van der Waals surface area contributed by atoms with Crippen molar-refractivity contribution in [1.82, 2.24) is 20.5 Å². The highest BCUT2D eigenvalue weighted by Gasteiger charge is 2.24. The molecule has 0 unspecified atom stereocenters. The maximum absolute atomic E-state index is 11.0. The Morgan fingerprint density at radius 2 is 1.91 bits per heavy atom. The lowest BCUT2D eigenvalue weighted by atomic mass is 9.96. The number of nitrogens with one attached hydrogen (secondary N) is 1. The summed E-state index contributed by atoms with van der Waals surface area (Å²) in [5.41, 5.74) is 4.98. The van der Waals surface area contributed by atoms with E-state index in [1.54, 1.807) is 35.8 Å². The first-order valence-corrected chi connectivity index (χ1v) is 11.0. The van der Waals surface area contributed by atoms with Crippen molar-refractivity contribution in [1.29, 1.82) is 0 Å². The van der Waals surface area contributed by atoms with Gasteiger partial charge in [0, 0.05) is 18.5 Å². The molecule has 1 aliphatic rings. The molecule has 0 atom stereocenters. The summed E-state index contributed by atoms with van der Waals surface area (Å²) in [7, 11) is 0. The fourth-order valence-electron chi connectivity index (χ4n) is 3.82. The van der Waals surface area contributed by atoms with Crippen molar-refractivity contribution < 1.29 is 19.3 Å². The van der Waals surface area contributed by atoms with Gasteiger partial charge in [0.2, 0.25) is 0 Å². The zero-order valence-electron chi connectivity index (χ0n) is 18.6. The lowest BCUT2D eigenvalue weighted by Crippen LogP contribution is -2.32.